The molecule has 1 aliphatic heterocycles. The van der Waals surface area contributed by atoms with Crippen molar-refractivity contribution in [2.45, 2.75) is 32.7 Å². The Balaban J connectivity index is 1.64. The van der Waals surface area contributed by atoms with E-state index in [0.717, 1.165) is 24.2 Å². The summed E-state index contributed by atoms with van der Waals surface area (Å²) in [5.74, 6) is -1.06. The Kier molecular flexibility index (Phi) is 6.81. The molecule has 154 valence electrons. The SMILES string of the molecule is CC(C)NC(=O)[C@H]1CCCN(C(=O)c2nnc(C(=O)Nc3cccc(Cl)c3)s2)C1. The Labute approximate surface area is 177 Å². The van der Waals surface area contributed by atoms with E-state index in [-0.39, 0.29) is 33.8 Å². The summed E-state index contributed by atoms with van der Waals surface area (Å²) in [6.07, 6.45) is 1.48. The van der Waals surface area contributed by atoms with E-state index in [1.54, 1.807) is 29.2 Å². The summed E-state index contributed by atoms with van der Waals surface area (Å²) < 4.78 is 0. The molecule has 2 N–H and O–H groups in total. The third kappa shape index (κ3) is 5.51. The number of piperidine rings is 1. The Morgan fingerprint density at radius 2 is 2.00 bits per heavy atom. The minimum atomic E-state index is -0.461. The van der Waals surface area contributed by atoms with Crippen LogP contribution < -0.4 is 10.6 Å². The summed E-state index contributed by atoms with van der Waals surface area (Å²) >= 11 is 6.84. The van der Waals surface area contributed by atoms with E-state index < -0.39 is 5.91 Å². The zero-order valence-corrected chi connectivity index (χ0v) is 17.7. The summed E-state index contributed by atoms with van der Waals surface area (Å²) in [6, 6.07) is 6.79. The van der Waals surface area contributed by atoms with Crippen LogP contribution in [0, 0.1) is 5.92 Å². The molecule has 3 amide bonds. The van der Waals surface area contributed by atoms with Gasteiger partial charge in [0, 0.05) is 29.8 Å². The average Bonchev–Trinajstić information content (AvgIpc) is 3.17. The van der Waals surface area contributed by atoms with Gasteiger partial charge in [-0.05, 0) is 44.9 Å². The van der Waals surface area contributed by atoms with Crippen molar-refractivity contribution in [3.63, 3.8) is 0 Å². The molecule has 1 aromatic heterocycles. The van der Waals surface area contributed by atoms with E-state index in [1.807, 2.05) is 13.8 Å². The summed E-state index contributed by atoms with van der Waals surface area (Å²) in [4.78, 5) is 39.0. The maximum atomic E-state index is 12.8. The predicted molar refractivity (Wildman–Crippen MR) is 111 cm³/mol. The third-order valence-corrected chi connectivity index (χ3v) is 5.54. The highest BCUT2D eigenvalue weighted by molar-refractivity contribution is 7.15. The summed E-state index contributed by atoms with van der Waals surface area (Å²) in [7, 11) is 0. The minimum Gasteiger partial charge on any atom is -0.354 e. The van der Waals surface area contributed by atoms with Gasteiger partial charge in [0.25, 0.3) is 11.8 Å². The van der Waals surface area contributed by atoms with Gasteiger partial charge >= 0.3 is 0 Å². The van der Waals surface area contributed by atoms with Crippen LogP contribution in [0.1, 0.15) is 46.3 Å². The molecule has 1 saturated heterocycles. The third-order valence-electron chi connectivity index (χ3n) is 4.40. The van der Waals surface area contributed by atoms with Crippen molar-refractivity contribution in [1.29, 1.82) is 0 Å². The van der Waals surface area contributed by atoms with Crippen LogP contribution in [0.4, 0.5) is 5.69 Å². The minimum absolute atomic E-state index is 0.0450. The number of amides is 3. The Hall–Kier alpha value is -2.52. The van der Waals surface area contributed by atoms with E-state index in [2.05, 4.69) is 20.8 Å². The molecule has 10 heteroatoms. The number of nitrogens with zero attached hydrogens (tertiary/aromatic N) is 3. The van der Waals surface area contributed by atoms with E-state index >= 15 is 0 Å². The highest BCUT2D eigenvalue weighted by Gasteiger charge is 2.31. The van der Waals surface area contributed by atoms with Crippen molar-refractivity contribution in [2.75, 3.05) is 18.4 Å². The molecule has 2 aromatic rings. The number of benzene rings is 1. The van der Waals surface area contributed by atoms with Crippen LogP contribution in [0.5, 0.6) is 0 Å². The molecule has 2 heterocycles. The molecule has 1 aromatic carbocycles. The molecule has 0 unspecified atom stereocenters. The molecule has 0 radical (unpaired) electrons. The predicted octanol–water partition coefficient (Wildman–Crippen LogP) is 2.82. The van der Waals surface area contributed by atoms with Crippen molar-refractivity contribution < 1.29 is 14.4 Å². The number of rotatable bonds is 5. The van der Waals surface area contributed by atoms with Crippen LogP contribution in [-0.2, 0) is 4.79 Å². The van der Waals surface area contributed by atoms with Crippen molar-refractivity contribution in [3.05, 3.63) is 39.3 Å². The van der Waals surface area contributed by atoms with Crippen LogP contribution >= 0.6 is 22.9 Å². The van der Waals surface area contributed by atoms with Gasteiger partial charge in [0.05, 0.1) is 5.92 Å². The van der Waals surface area contributed by atoms with E-state index in [9.17, 15) is 14.4 Å². The molecule has 3 rings (SSSR count). The van der Waals surface area contributed by atoms with Gasteiger partial charge in [-0.1, -0.05) is 29.0 Å². The molecule has 29 heavy (non-hydrogen) atoms. The molecule has 0 aliphatic carbocycles. The topological polar surface area (TPSA) is 104 Å². The second-order valence-electron chi connectivity index (χ2n) is 7.13. The fraction of sp³-hybridized carbons (Fsp3) is 0.421. The van der Waals surface area contributed by atoms with Crippen LogP contribution in [0.3, 0.4) is 0 Å². The monoisotopic (exact) mass is 435 g/mol. The van der Waals surface area contributed by atoms with Crippen LogP contribution in [0.25, 0.3) is 0 Å². The van der Waals surface area contributed by atoms with Crippen molar-refractivity contribution in [3.8, 4) is 0 Å². The standard InChI is InChI=1S/C19H22ClN5O3S/c1-11(2)21-15(26)12-5-4-8-25(10-12)19(28)18-24-23-17(29-18)16(27)22-14-7-3-6-13(20)9-14/h3,6-7,9,11-12H,4-5,8,10H2,1-2H3,(H,21,26)(H,22,27)/t12-/m0/s1. The number of halogens is 1. The normalized spacial score (nSPS) is 16.6. The van der Waals surface area contributed by atoms with Gasteiger partial charge in [0.15, 0.2) is 0 Å². The first-order chi connectivity index (χ1) is 13.8. The first kappa shape index (κ1) is 21.2. The van der Waals surface area contributed by atoms with Gasteiger partial charge < -0.3 is 15.5 Å². The smallest absolute Gasteiger partial charge is 0.286 e. The summed E-state index contributed by atoms with van der Waals surface area (Å²) in [6.45, 7) is 4.69. The zero-order valence-electron chi connectivity index (χ0n) is 16.1. The summed E-state index contributed by atoms with van der Waals surface area (Å²) in [5, 5.41) is 14.0. The molecule has 0 spiro atoms. The van der Waals surface area contributed by atoms with Crippen molar-refractivity contribution in [2.24, 2.45) is 5.92 Å². The van der Waals surface area contributed by atoms with Gasteiger partial charge in [0.1, 0.15) is 0 Å². The first-order valence-corrected chi connectivity index (χ1v) is 10.5. The maximum absolute atomic E-state index is 12.8. The van der Waals surface area contributed by atoms with Crippen LogP contribution in [-0.4, -0.2) is 52.0 Å². The molecule has 0 saturated carbocycles. The first-order valence-electron chi connectivity index (χ1n) is 9.33. The highest BCUT2D eigenvalue weighted by atomic mass is 35.5. The number of carbonyl (C=O) groups excluding carboxylic acids is 3. The number of likely N-dealkylation sites (tertiary alicyclic amines) is 1. The fourth-order valence-electron chi connectivity index (χ4n) is 3.07. The van der Waals surface area contributed by atoms with Crippen LogP contribution in [0.2, 0.25) is 5.02 Å². The molecular formula is C19H22ClN5O3S. The number of nitrogens with one attached hydrogen (secondary N) is 2. The Morgan fingerprint density at radius 3 is 2.72 bits per heavy atom. The molecule has 1 aliphatic rings. The molecule has 0 bridgehead atoms. The number of aromatic nitrogens is 2. The lowest BCUT2D eigenvalue weighted by Crippen LogP contribution is -2.46. The number of carbonyl (C=O) groups is 3. The average molecular weight is 436 g/mol. The Bertz CT molecular complexity index is 917. The summed E-state index contributed by atoms with van der Waals surface area (Å²) in [5.41, 5.74) is 0.528. The van der Waals surface area contributed by atoms with E-state index in [0.29, 0.717) is 23.8 Å². The van der Waals surface area contributed by atoms with Gasteiger partial charge in [-0.2, -0.15) is 0 Å². The van der Waals surface area contributed by atoms with Crippen LogP contribution in [0.15, 0.2) is 24.3 Å². The molecule has 1 fully saturated rings. The molecular weight excluding hydrogens is 414 g/mol. The lowest BCUT2D eigenvalue weighted by molar-refractivity contribution is -0.126. The van der Waals surface area contributed by atoms with Gasteiger partial charge in [-0.3, -0.25) is 14.4 Å². The number of hydrogen-bond donors (Lipinski definition) is 2. The zero-order chi connectivity index (χ0) is 21.0. The van der Waals surface area contributed by atoms with Gasteiger partial charge in [0.2, 0.25) is 15.9 Å². The van der Waals surface area contributed by atoms with Crippen molar-refractivity contribution >= 4 is 46.3 Å². The Morgan fingerprint density at radius 1 is 1.24 bits per heavy atom. The van der Waals surface area contributed by atoms with E-state index in [1.165, 1.54) is 0 Å². The lowest BCUT2D eigenvalue weighted by Gasteiger charge is -2.31. The van der Waals surface area contributed by atoms with Gasteiger partial charge in [-0.15, -0.1) is 10.2 Å². The number of anilines is 1. The highest BCUT2D eigenvalue weighted by Crippen LogP contribution is 2.21. The van der Waals surface area contributed by atoms with E-state index in [4.69, 9.17) is 11.6 Å². The molecule has 1 atom stereocenters. The second-order valence-corrected chi connectivity index (χ2v) is 8.54. The lowest BCUT2D eigenvalue weighted by atomic mass is 9.97. The van der Waals surface area contributed by atoms with Gasteiger partial charge in [-0.25, -0.2) is 0 Å². The fourth-order valence-corrected chi connectivity index (χ4v) is 3.96. The largest absolute Gasteiger partial charge is 0.354 e. The quantitative estimate of drug-likeness (QED) is 0.751. The second kappa shape index (κ2) is 9.32. The van der Waals surface area contributed by atoms with Crippen molar-refractivity contribution in [1.82, 2.24) is 20.4 Å². The molecule has 8 nitrogen and oxygen atoms in total. The number of hydrogen-bond acceptors (Lipinski definition) is 6. The maximum Gasteiger partial charge on any atom is 0.286 e.